The van der Waals surface area contributed by atoms with Crippen molar-refractivity contribution >= 4 is 34.1 Å². The molecule has 1 aliphatic rings. The zero-order valence-electron chi connectivity index (χ0n) is 23.8. The first-order valence-electron chi connectivity index (χ1n) is 14.6. The van der Waals surface area contributed by atoms with Gasteiger partial charge >= 0.3 is 6.03 Å². The average Bonchev–Trinajstić information content (AvgIpc) is 3.01. The van der Waals surface area contributed by atoms with Crippen molar-refractivity contribution < 1.29 is 14.6 Å². The number of ether oxygens (including phenoxy) is 1. The van der Waals surface area contributed by atoms with Crippen molar-refractivity contribution in [1.29, 1.82) is 0 Å². The molecule has 3 aromatic carbocycles. The third-order valence-electron chi connectivity index (χ3n) is 7.33. The molecule has 5 rings (SSSR count). The summed E-state index contributed by atoms with van der Waals surface area (Å²) in [4.78, 5) is 25.9. The Bertz CT molecular complexity index is 1410. The van der Waals surface area contributed by atoms with E-state index in [1.54, 1.807) is 6.33 Å². The first kappa shape index (κ1) is 29.2. The Morgan fingerprint density at radius 1 is 0.857 bits per heavy atom. The number of β-amino-alcohol motifs (C(OH)–C–C–N with tert-alkyl or cyclic N) is 1. The normalized spacial score (nSPS) is 14.0. The summed E-state index contributed by atoms with van der Waals surface area (Å²) in [7, 11) is 0. The van der Waals surface area contributed by atoms with Crippen LogP contribution in [-0.2, 0) is 6.42 Å². The number of piperazine rings is 1. The third-order valence-corrected chi connectivity index (χ3v) is 7.33. The molecule has 0 unspecified atom stereocenters. The van der Waals surface area contributed by atoms with Crippen LogP contribution in [-0.4, -0.2) is 89.9 Å². The molecule has 10 nitrogen and oxygen atoms in total. The average molecular weight is 570 g/mol. The molecule has 10 heteroatoms. The molecule has 2 amide bonds. The minimum atomic E-state index is -0.274. The van der Waals surface area contributed by atoms with E-state index in [0.29, 0.717) is 13.2 Å². The number of amides is 2. The van der Waals surface area contributed by atoms with Gasteiger partial charge in [-0.3, -0.25) is 4.90 Å². The van der Waals surface area contributed by atoms with Gasteiger partial charge in [0, 0.05) is 68.6 Å². The fourth-order valence-electron chi connectivity index (χ4n) is 5.02. The van der Waals surface area contributed by atoms with E-state index in [0.717, 1.165) is 91.5 Å². The number of carbonyl (C=O) groups is 1. The lowest BCUT2D eigenvalue weighted by Gasteiger charge is -2.34. The van der Waals surface area contributed by atoms with Gasteiger partial charge in [0.15, 0.2) is 0 Å². The van der Waals surface area contributed by atoms with E-state index in [4.69, 9.17) is 9.84 Å². The number of hydrogen-bond donors (Lipinski definition) is 4. The second kappa shape index (κ2) is 15.1. The molecule has 0 aliphatic carbocycles. The maximum Gasteiger partial charge on any atom is 0.323 e. The molecular formula is C32H39N7O3. The van der Waals surface area contributed by atoms with Gasteiger partial charge in [-0.25, -0.2) is 14.8 Å². The molecule has 220 valence electrons. The van der Waals surface area contributed by atoms with Crippen LogP contribution in [0.3, 0.4) is 0 Å². The number of benzene rings is 3. The van der Waals surface area contributed by atoms with Crippen LogP contribution in [0.2, 0.25) is 0 Å². The van der Waals surface area contributed by atoms with Gasteiger partial charge in [0.05, 0.1) is 18.7 Å². The molecule has 0 bridgehead atoms. The largest absolute Gasteiger partial charge is 0.493 e. The number of hydrogen-bond acceptors (Lipinski definition) is 8. The maximum absolute atomic E-state index is 12.2. The van der Waals surface area contributed by atoms with Gasteiger partial charge in [-0.1, -0.05) is 30.3 Å². The molecule has 0 radical (unpaired) electrons. The molecule has 1 saturated heterocycles. The number of aliphatic hydroxyl groups excluding tert-OH is 1. The first-order chi connectivity index (χ1) is 20.7. The van der Waals surface area contributed by atoms with Crippen LogP contribution in [0.5, 0.6) is 5.75 Å². The Kier molecular flexibility index (Phi) is 10.5. The zero-order chi connectivity index (χ0) is 29.0. The van der Waals surface area contributed by atoms with Crippen LogP contribution in [0.4, 0.5) is 22.0 Å². The standard InChI is InChI=1S/C32H39N7O3/c40-21-20-39-18-16-38(17-19-39)15-4-22-42-28-11-12-29-30(23-28)34-24-35-31(29)33-14-13-25-7-9-27(10-8-25)37-32(41)36-26-5-2-1-3-6-26/h1-3,5-12,23-24,40H,4,13-22H2,(H,33,34,35)(H2,36,37,41). The Labute approximate surface area is 246 Å². The van der Waals surface area contributed by atoms with Gasteiger partial charge in [-0.2, -0.15) is 0 Å². The van der Waals surface area contributed by atoms with Crippen molar-refractivity contribution in [3.8, 4) is 5.75 Å². The molecule has 4 N–H and O–H groups in total. The summed E-state index contributed by atoms with van der Waals surface area (Å²) in [5.41, 5.74) is 3.47. The predicted octanol–water partition coefficient (Wildman–Crippen LogP) is 4.31. The van der Waals surface area contributed by atoms with Crippen molar-refractivity contribution in [2.45, 2.75) is 12.8 Å². The number of aromatic nitrogens is 2. The van der Waals surface area contributed by atoms with Crippen LogP contribution in [0.1, 0.15) is 12.0 Å². The topological polar surface area (TPSA) is 115 Å². The highest BCUT2D eigenvalue weighted by Gasteiger charge is 2.15. The second-order valence-corrected chi connectivity index (χ2v) is 10.3. The van der Waals surface area contributed by atoms with Crippen LogP contribution >= 0.6 is 0 Å². The summed E-state index contributed by atoms with van der Waals surface area (Å²) in [6, 6.07) is 22.9. The van der Waals surface area contributed by atoms with E-state index in [9.17, 15) is 4.79 Å². The highest BCUT2D eigenvalue weighted by atomic mass is 16.5. The molecule has 0 spiro atoms. The monoisotopic (exact) mass is 569 g/mol. The van der Waals surface area contributed by atoms with Crippen molar-refractivity contribution in [3.05, 3.63) is 84.7 Å². The van der Waals surface area contributed by atoms with Gasteiger partial charge in [-0.05, 0) is 54.8 Å². The second-order valence-electron chi connectivity index (χ2n) is 10.3. The van der Waals surface area contributed by atoms with E-state index in [2.05, 4.69) is 35.7 Å². The third kappa shape index (κ3) is 8.62. The molecule has 42 heavy (non-hydrogen) atoms. The fourth-order valence-corrected chi connectivity index (χ4v) is 5.02. The smallest absolute Gasteiger partial charge is 0.323 e. The number of aliphatic hydroxyl groups is 1. The Morgan fingerprint density at radius 3 is 2.31 bits per heavy atom. The maximum atomic E-state index is 12.2. The molecule has 1 fully saturated rings. The van der Waals surface area contributed by atoms with Gasteiger partial charge in [0.25, 0.3) is 0 Å². The highest BCUT2D eigenvalue weighted by Crippen LogP contribution is 2.24. The number of carbonyl (C=O) groups excluding carboxylic acids is 1. The predicted molar refractivity (Wildman–Crippen MR) is 167 cm³/mol. The first-order valence-corrected chi connectivity index (χ1v) is 14.6. The van der Waals surface area contributed by atoms with Crippen molar-refractivity contribution in [1.82, 2.24) is 19.8 Å². The number of nitrogens with zero attached hydrogens (tertiary/aromatic N) is 4. The van der Waals surface area contributed by atoms with Crippen LogP contribution < -0.4 is 20.7 Å². The number of nitrogens with one attached hydrogen (secondary N) is 3. The molecule has 0 saturated carbocycles. The number of anilines is 3. The van der Waals surface area contributed by atoms with Gasteiger partial charge in [0.2, 0.25) is 0 Å². The van der Waals surface area contributed by atoms with Gasteiger partial charge in [-0.15, -0.1) is 0 Å². The van der Waals surface area contributed by atoms with Crippen molar-refractivity contribution in [2.24, 2.45) is 0 Å². The SMILES string of the molecule is O=C(Nc1ccccc1)Nc1ccc(CCNc2ncnc3cc(OCCCN4CCN(CCO)CC4)ccc23)cc1. The minimum Gasteiger partial charge on any atom is -0.493 e. The fraction of sp³-hybridized carbons (Fsp3) is 0.344. The minimum absolute atomic E-state index is 0.230. The summed E-state index contributed by atoms with van der Waals surface area (Å²) in [6.45, 7) is 7.49. The highest BCUT2D eigenvalue weighted by molar-refractivity contribution is 5.99. The van der Waals surface area contributed by atoms with E-state index < -0.39 is 0 Å². The van der Waals surface area contributed by atoms with Crippen molar-refractivity contribution in [3.63, 3.8) is 0 Å². The lowest BCUT2D eigenvalue weighted by Crippen LogP contribution is -2.47. The van der Waals surface area contributed by atoms with Crippen molar-refractivity contribution in [2.75, 3.05) is 75.0 Å². The molecule has 1 aliphatic heterocycles. The summed E-state index contributed by atoms with van der Waals surface area (Å²) in [6.07, 6.45) is 3.35. The summed E-state index contributed by atoms with van der Waals surface area (Å²) < 4.78 is 6.03. The quantitative estimate of drug-likeness (QED) is 0.176. The van der Waals surface area contributed by atoms with E-state index in [1.165, 1.54) is 0 Å². The Balaban J connectivity index is 1.04. The van der Waals surface area contributed by atoms with E-state index in [-0.39, 0.29) is 12.6 Å². The van der Waals surface area contributed by atoms with E-state index >= 15 is 0 Å². The lowest BCUT2D eigenvalue weighted by atomic mass is 10.1. The number of rotatable bonds is 13. The summed E-state index contributed by atoms with van der Waals surface area (Å²) in [5, 5.41) is 19.2. The number of urea groups is 1. The van der Waals surface area contributed by atoms with Crippen LogP contribution in [0.25, 0.3) is 10.9 Å². The molecule has 1 aromatic heterocycles. The lowest BCUT2D eigenvalue weighted by molar-refractivity contribution is 0.108. The number of para-hydroxylation sites is 1. The molecular weight excluding hydrogens is 530 g/mol. The van der Waals surface area contributed by atoms with Crippen LogP contribution in [0, 0.1) is 0 Å². The Hall–Kier alpha value is -4.25. The summed E-state index contributed by atoms with van der Waals surface area (Å²) in [5.74, 6) is 1.61. The molecule has 4 aromatic rings. The number of fused-ring (bicyclic) bond motifs is 1. The summed E-state index contributed by atoms with van der Waals surface area (Å²) >= 11 is 0. The van der Waals surface area contributed by atoms with E-state index in [1.807, 2.05) is 72.8 Å². The van der Waals surface area contributed by atoms with Gasteiger partial charge in [0.1, 0.15) is 17.9 Å². The van der Waals surface area contributed by atoms with Gasteiger partial charge < -0.3 is 30.7 Å². The van der Waals surface area contributed by atoms with Crippen LogP contribution in [0.15, 0.2) is 79.1 Å². The zero-order valence-corrected chi connectivity index (χ0v) is 23.8. The molecule has 2 heterocycles. The molecule has 0 atom stereocenters. The Morgan fingerprint density at radius 2 is 1.57 bits per heavy atom.